The lowest BCUT2D eigenvalue weighted by Gasteiger charge is -2.29. The SMILES string of the molecule is COc1ccccc1C(=O)CN1CCOC(C#N)C1. The molecule has 1 aliphatic heterocycles. The van der Waals surface area contributed by atoms with Gasteiger partial charge in [-0.05, 0) is 12.1 Å². The zero-order valence-electron chi connectivity index (χ0n) is 10.8. The predicted molar refractivity (Wildman–Crippen MR) is 69.1 cm³/mol. The fourth-order valence-corrected chi connectivity index (χ4v) is 2.09. The summed E-state index contributed by atoms with van der Waals surface area (Å²) < 4.78 is 10.4. The number of methoxy groups -OCH3 is 1. The summed E-state index contributed by atoms with van der Waals surface area (Å²) in [4.78, 5) is 14.2. The number of hydrogen-bond acceptors (Lipinski definition) is 5. The van der Waals surface area contributed by atoms with E-state index in [9.17, 15) is 4.79 Å². The second-order valence-corrected chi connectivity index (χ2v) is 4.35. The number of hydrogen-bond donors (Lipinski definition) is 0. The van der Waals surface area contributed by atoms with Crippen LogP contribution in [0.4, 0.5) is 0 Å². The van der Waals surface area contributed by atoms with Crippen LogP contribution in [0.1, 0.15) is 10.4 Å². The van der Waals surface area contributed by atoms with Gasteiger partial charge in [0.1, 0.15) is 5.75 Å². The molecule has 1 aromatic carbocycles. The number of benzene rings is 1. The van der Waals surface area contributed by atoms with Crippen LogP contribution in [0.5, 0.6) is 5.75 Å². The molecule has 0 spiro atoms. The van der Waals surface area contributed by atoms with Crippen molar-refractivity contribution in [1.29, 1.82) is 5.26 Å². The van der Waals surface area contributed by atoms with Crippen molar-refractivity contribution >= 4 is 5.78 Å². The van der Waals surface area contributed by atoms with Crippen LogP contribution in [0.3, 0.4) is 0 Å². The fourth-order valence-electron chi connectivity index (χ4n) is 2.09. The average Bonchev–Trinajstić information content (AvgIpc) is 2.47. The zero-order chi connectivity index (χ0) is 13.7. The van der Waals surface area contributed by atoms with Gasteiger partial charge in [0.05, 0.1) is 31.9 Å². The molecule has 1 aromatic rings. The maximum Gasteiger partial charge on any atom is 0.180 e. The molecule has 19 heavy (non-hydrogen) atoms. The van der Waals surface area contributed by atoms with Crippen LogP contribution < -0.4 is 4.74 Å². The average molecular weight is 260 g/mol. The van der Waals surface area contributed by atoms with Gasteiger partial charge >= 0.3 is 0 Å². The van der Waals surface area contributed by atoms with Crippen molar-refractivity contribution in [2.75, 3.05) is 33.4 Å². The number of morpholine rings is 1. The van der Waals surface area contributed by atoms with Gasteiger partial charge in [0.15, 0.2) is 11.9 Å². The second-order valence-electron chi connectivity index (χ2n) is 4.35. The molecule has 2 rings (SSSR count). The number of Topliss-reactive ketones (excluding diaryl/α,β-unsaturated/α-hetero) is 1. The van der Waals surface area contributed by atoms with E-state index in [1.165, 1.54) is 0 Å². The summed E-state index contributed by atoms with van der Waals surface area (Å²) in [6.45, 7) is 1.90. The minimum absolute atomic E-state index is 0.00367. The van der Waals surface area contributed by atoms with Gasteiger partial charge in [0.25, 0.3) is 0 Å². The number of rotatable bonds is 4. The molecule has 0 radical (unpaired) electrons. The quantitative estimate of drug-likeness (QED) is 0.759. The molecule has 0 aromatic heterocycles. The molecule has 0 aliphatic carbocycles. The van der Waals surface area contributed by atoms with Crippen molar-refractivity contribution in [2.24, 2.45) is 0 Å². The normalized spacial score (nSPS) is 19.7. The number of ether oxygens (including phenoxy) is 2. The molecule has 1 unspecified atom stereocenters. The standard InChI is InChI=1S/C14H16N2O3/c1-18-14-5-3-2-4-12(14)13(17)10-16-6-7-19-11(8-15)9-16/h2-5,11H,6-7,9-10H2,1H3. The Kier molecular flexibility index (Phi) is 4.50. The van der Waals surface area contributed by atoms with E-state index in [0.717, 1.165) is 0 Å². The highest BCUT2D eigenvalue weighted by atomic mass is 16.5. The number of nitrogens with zero attached hydrogens (tertiary/aromatic N) is 2. The van der Waals surface area contributed by atoms with E-state index in [2.05, 4.69) is 6.07 Å². The Bertz CT molecular complexity index is 496. The third-order valence-corrected chi connectivity index (χ3v) is 3.07. The highest BCUT2D eigenvalue weighted by Crippen LogP contribution is 2.18. The van der Waals surface area contributed by atoms with E-state index >= 15 is 0 Å². The van der Waals surface area contributed by atoms with E-state index in [1.807, 2.05) is 17.0 Å². The lowest BCUT2D eigenvalue weighted by Crippen LogP contribution is -2.44. The molecule has 1 fully saturated rings. The summed E-state index contributed by atoms with van der Waals surface area (Å²) in [5.74, 6) is 0.577. The predicted octanol–water partition coefficient (Wildman–Crippen LogP) is 1.10. The molecule has 0 N–H and O–H groups in total. The van der Waals surface area contributed by atoms with Gasteiger partial charge in [-0.25, -0.2) is 0 Å². The van der Waals surface area contributed by atoms with Crippen LogP contribution >= 0.6 is 0 Å². The monoisotopic (exact) mass is 260 g/mol. The summed E-state index contributed by atoms with van der Waals surface area (Å²) >= 11 is 0. The summed E-state index contributed by atoms with van der Waals surface area (Å²) in [5, 5.41) is 8.84. The fraction of sp³-hybridized carbons (Fsp3) is 0.429. The Hall–Kier alpha value is -1.90. The molecule has 1 saturated heterocycles. The highest BCUT2D eigenvalue weighted by molar-refractivity contribution is 6.00. The Morgan fingerprint density at radius 2 is 2.37 bits per heavy atom. The second kappa shape index (κ2) is 6.32. The molecule has 0 bridgehead atoms. The molecular formula is C14H16N2O3. The summed E-state index contributed by atoms with van der Waals surface area (Å²) in [6.07, 6.45) is -0.445. The molecular weight excluding hydrogens is 244 g/mol. The van der Waals surface area contributed by atoms with Crippen molar-refractivity contribution < 1.29 is 14.3 Å². The molecule has 1 atom stereocenters. The van der Waals surface area contributed by atoms with Crippen LogP contribution in [0.2, 0.25) is 0 Å². The van der Waals surface area contributed by atoms with Crippen LogP contribution in [-0.2, 0) is 4.74 Å². The third kappa shape index (κ3) is 3.31. The number of nitriles is 1. The zero-order valence-corrected chi connectivity index (χ0v) is 10.8. The van der Waals surface area contributed by atoms with Gasteiger partial charge in [0.2, 0.25) is 0 Å². The highest BCUT2D eigenvalue weighted by Gasteiger charge is 2.23. The summed E-state index contributed by atoms with van der Waals surface area (Å²) in [7, 11) is 1.55. The maximum absolute atomic E-state index is 12.2. The molecule has 0 saturated carbocycles. The minimum atomic E-state index is -0.445. The van der Waals surface area contributed by atoms with Crippen molar-refractivity contribution in [3.05, 3.63) is 29.8 Å². The molecule has 100 valence electrons. The number of para-hydroxylation sites is 1. The lowest BCUT2D eigenvalue weighted by molar-refractivity contribution is 0.00238. The first-order chi connectivity index (χ1) is 9.24. The van der Waals surface area contributed by atoms with E-state index in [4.69, 9.17) is 14.7 Å². The lowest BCUT2D eigenvalue weighted by atomic mass is 10.1. The Morgan fingerprint density at radius 3 is 3.11 bits per heavy atom. The largest absolute Gasteiger partial charge is 0.496 e. The Balaban J connectivity index is 2.03. The molecule has 0 amide bonds. The van der Waals surface area contributed by atoms with Gasteiger partial charge in [-0.15, -0.1) is 0 Å². The van der Waals surface area contributed by atoms with Gasteiger partial charge < -0.3 is 9.47 Å². The Morgan fingerprint density at radius 1 is 1.58 bits per heavy atom. The van der Waals surface area contributed by atoms with Crippen LogP contribution in [0.15, 0.2) is 24.3 Å². The van der Waals surface area contributed by atoms with E-state index in [0.29, 0.717) is 31.0 Å². The maximum atomic E-state index is 12.2. The number of carbonyl (C=O) groups excluding carboxylic acids is 1. The van der Waals surface area contributed by atoms with Crippen molar-refractivity contribution in [3.8, 4) is 11.8 Å². The molecule has 1 aliphatic rings. The first kappa shape index (κ1) is 13.5. The molecule has 5 heteroatoms. The van der Waals surface area contributed by atoms with Crippen LogP contribution in [0, 0.1) is 11.3 Å². The molecule has 1 heterocycles. The number of carbonyl (C=O) groups is 1. The number of ketones is 1. The first-order valence-electron chi connectivity index (χ1n) is 6.14. The minimum Gasteiger partial charge on any atom is -0.496 e. The van der Waals surface area contributed by atoms with Gasteiger partial charge in [-0.3, -0.25) is 9.69 Å². The summed E-state index contributed by atoms with van der Waals surface area (Å²) in [5.41, 5.74) is 0.574. The van der Waals surface area contributed by atoms with Crippen LogP contribution in [0.25, 0.3) is 0 Å². The third-order valence-electron chi connectivity index (χ3n) is 3.07. The smallest absolute Gasteiger partial charge is 0.180 e. The van der Waals surface area contributed by atoms with Crippen LogP contribution in [-0.4, -0.2) is 50.1 Å². The molecule has 5 nitrogen and oxygen atoms in total. The topological polar surface area (TPSA) is 62.6 Å². The van der Waals surface area contributed by atoms with E-state index in [1.54, 1.807) is 19.2 Å². The van der Waals surface area contributed by atoms with Gasteiger partial charge in [-0.2, -0.15) is 5.26 Å². The van der Waals surface area contributed by atoms with E-state index in [-0.39, 0.29) is 12.3 Å². The summed E-state index contributed by atoms with van der Waals surface area (Å²) in [6, 6.07) is 9.23. The van der Waals surface area contributed by atoms with Crippen molar-refractivity contribution in [1.82, 2.24) is 4.90 Å². The Labute approximate surface area is 112 Å². The van der Waals surface area contributed by atoms with Crippen molar-refractivity contribution in [3.63, 3.8) is 0 Å². The van der Waals surface area contributed by atoms with Gasteiger partial charge in [-0.1, -0.05) is 12.1 Å². The van der Waals surface area contributed by atoms with Gasteiger partial charge in [0, 0.05) is 13.1 Å². The van der Waals surface area contributed by atoms with E-state index < -0.39 is 6.10 Å². The van der Waals surface area contributed by atoms with Crippen molar-refractivity contribution in [2.45, 2.75) is 6.10 Å². The first-order valence-corrected chi connectivity index (χ1v) is 6.14.